The minimum Gasteiger partial charge on any atom is -0.493 e. The zero-order chi connectivity index (χ0) is 22.5. The third-order valence-electron chi connectivity index (χ3n) is 6.66. The monoisotopic (exact) mass is 437 g/mol. The molecule has 3 heterocycles. The van der Waals surface area contributed by atoms with Gasteiger partial charge in [0.25, 0.3) is 0 Å². The lowest BCUT2D eigenvalue weighted by Crippen LogP contribution is -2.47. The molecule has 5 rings (SSSR count). The number of methoxy groups -OCH3 is 3. The van der Waals surface area contributed by atoms with Crippen LogP contribution in [0.2, 0.25) is 0 Å². The second-order valence-corrected chi connectivity index (χ2v) is 8.22. The van der Waals surface area contributed by atoms with E-state index in [2.05, 4.69) is 18.4 Å². The summed E-state index contributed by atoms with van der Waals surface area (Å²) < 4.78 is 36.9. The maximum atomic E-state index is 6.65. The molecule has 0 radical (unpaired) electrons. The Kier molecular flexibility index (Phi) is 4.84. The molecule has 32 heavy (non-hydrogen) atoms. The van der Waals surface area contributed by atoms with E-state index in [1.165, 1.54) is 0 Å². The largest absolute Gasteiger partial charge is 0.493 e. The summed E-state index contributed by atoms with van der Waals surface area (Å²) in [5, 5.41) is 0. The number of hydrogen-bond acceptors (Lipinski definition) is 6. The molecule has 7 heteroatoms. The molecule has 3 unspecified atom stereocenters. The normalized spacial score (nSPS) is 23.3. The summed E-state index contributed by atoms with van der Waals surface area (Å²) in [7, 11) is 4.87. The first-order chi connectivity index (χ1) is 15.5. The Balaban J connectivity index is 1.74. The van der Waals surface area contributed by atoms with Crippen molar-refractivity contribution < 1.29 is 28.4 Å². The van der Waals surface area contributed by atoms with Crippen LogP contribution in [0.1, 0.15) is 30.9 Å². The zero-order valence-electron chi connectivity index (χ0n) is 18.9. The van der Waals surface area contributed by atoms with Gasteiger partial charge in [-0.3, -0.25) is 0 Å². The lowest BCUT2D eigenvalue weighted by molar-refractivity contribution is -0.0621. The zero-order valence-corrected chi connectivity index (χ0v) is 18.9. The fourth-order valence-electron chi connectivity index (χ4n) is 4.83. The standard InChI is InChI=1S/C25H27NO6/c1-15-23(16-10-21(27-3)24(29-5)22(11-16)28-4)17-12-19-20(31-14-30-19)13-18(17)32-25(15,2)26-8-6-7-9-26/h6-13,15,23H,14H2,1-5H3. The molecule has 1 aromatic heterocycles. The van der Waals surface area contributed by atoms with Crippen LogP contribution in [0.5, 0.6) is 34.5 Å². The molecule has 2 aliphatic heterocycles. The topological polar surface area (TPSA) is 60.3 Å². The Morgan fingerprint density at radius 2 is 1.50 bits per heavy atom. The maximum Gasteiger partial charge on any atom is 0.231 e. The van der Waals surface area contributed by atoms with Crippen LogP contribution in [0.25, 0.3) is 0 Å². The molecule has 0 saturated heterocycles. The first kappa shape index (κ1) is 20.4. The van der Waals surface area contributed by atoms with E-state index in [4.69, 9.17) is 28.4 Å². The van der Waals surface area contributed by atoms with Crippen LogP contribution in [0.15, 0.2) is 48.8 Å². The molecular weight excluding hydrogens is 410 g/mol. The SMILES string of the molecule is COc1cc(C2c3cc4c(cc3OC(C)(n3cccc3)C2C)OCO4)cc(OC)c1OC. The Hall–Kier alpha value is -3.48. The number of ether oxygens (including phenoxy) is 6. The predicted molar refractivity (Wildman–Crippen MR) is 118 cm³/mol. The van der Waals surface area contributed by atoms with Crippen molar-refractivity contribution in [1.82, 2.24) is 4.57 Å². The van der Waals surface area contributed by atoms with E-state index in [0.29, 0.717) is 23.0 Å². The van der Waals surface area contributed by atoms with Gasteiger partial charge < -0.3 is 33.0 Å². The Bertz CT molecular complexity index is 1120. The molecule has 0 fully saturated rings. The number of nitrogens with zero attached hydrogens (tertiary/aromatic N) is 1. The van der Waals surface area contributed by atoms with Crippen molar-refractivity contribution in [3.8, 4) is 34.5 Å². The molecule has 3 aromatic rings. The van der Waals surface area contributed by atoms with Crippen molar-refractivity contribution in [2.45, 2.75) is 25.5 Å². The van der Waals surface area contributed by atoms with Crippen molar-refractivity contribution in [3.05, 3.63) is 59.9 Å². The van der Waals surface area contributed by atoms with Crippen LogP contribution in [-0.4, -0.2) is 32.7 Å². The van der Waals surface area contributed by atoms with Crippen LogP contribution in [0, 0.1) is 5.92 Å². The van der Waals surface area contributed by atoms with E-state index in [1.807, 2.05) is 48.8 Å². The third-order valence-corrected chi connectivity index (χ3v) is 6.66. The van der Waals surface area contributed by atoms with Crippen molar-refractivity contribution in [2.24, 2.45) is 5.92 Å². The summed E-state index contributed by atoms with van der Waals surface area (Å²) in [5.41, 5.74) is 1.43. The highest BCUT2D eigenvalue weighted by atomic mass is 16.7. The molecular formula is C25H27NO6. The van der Waals surface area contributed by atoms with Gasteiger partial charge in [0.2, 0.25) is 12.5 Å². The van der Waals surface area contributed by atoms with Gasteiger partial charge in [-0.25, -0.2) is 0 Å². The Labute approximate surface area is 187 Å². The van der Waals surface area contributed by atoms with Gasteiger partial charge in [0.05, 0.1) is 21.3 Å². The van der Waals surface area contributed by atoms with E-state index in [9.17, 15) is 0 Å². The molecule has 0 bridgehead atoms. The number of rotatable bonds is 5. The van der Waals surface area contributed by atoms with Crippen LogP contribution in [0.3, 0.4) is 0 Å². The summed E-state index contributed by atoms with van der Waals surface area (Å²) in [6, 6.07) is 12.0. The van der Waals surface area contributed by atoms with Gasteiger partial charge in [-0.15, -0.1) is 0 Å². The Morgan fingerprint density at radius 1 is 0.875 bits per heavy atom. The van der Waals surface area contributed by atoms with Crippen molar-refractivity contribution in [1.29, 1.82) is 0 Å². The number of fused-ring (bicyclic) bond motifs is 2. The Morgan fingerprint density at radius 3 is 2.09 bits per heavy atom. The average Bonchev–Trinajstić information content (AvgIpc) is 3.50. The molecule has 2 aliphatic rings. The van der Waals surface area contributed by atoms with E-state index < -0.39 is 5.72 Å². The van der Waals surface area contributed by atoms with Gasteiger partial charge >= 0.3 is 0 Å². The molecule has 0 N–H and O–H groups in total. The second-order valence-electron chi connectivity index (χ2n) is 8.22. The van der Waals surface area contributed by atoms with Gasteiger partial charge in [0, 0.05) is 35.9 Å². The van der Waals surface area contributed by atoms with Crippen molar-refractivity contribution in [3.63, 3.8) is 0 Å². The van der Waals surface area contributed by atoms with Gasteiger partial charge in [0.15, 0.2) is 28.7 Å². The molecule has 168 valence electrons. The van der Waals surface area contributed by atoms with Crippen molar-refractivity contribution in [2.75, 3.05) is 28.1 Å². The highest BCUT2D eigenvalue weighted by molar-refractivity contribution is 5.60. The summed E-state index contributed by atoms with van der Waals surface area (Å²) in [5.74, 6) is 3.99. The quantitative estimate of drug-likeness (QED) is 0.573. The minimum absolute atomic E-state index is 0.0330. The first-order valence-corrected chi connectivity index (χ1v) is 10.6. The first-order valence-electron chi connectivity index (χ1n) is 10.6. The van der Waals surface area contributed by atoms with Crippen LogP contribution >= 0.6 is 0 Å². The van der Waals surface area contributed by atoms with Gasteiger partial charge in [-0.05, 0) is 42.8 Å². The summed E-state index contributed by atoms with van der Waals surface area (Å²) in [4.78, 5) is 0. The molecule has 0 aliphatic carbocycles. The maximum absolute atomic E-state index is 6.65. The number of benzene rings is 2. The van der Waals surface area contributed by atoms with Gasteiger partial charge in [0.1, 0.15) is 5.75 Å². The lowest BCUT2D eigenvalue weighted by Gasteiger charge is -2.46. The number of hydrogen-bond donors (Lipinski definition) is 0. The minimum atomic E-state index is -0.630. The second kappa shape index (κ2) is 7.58. The van der Waals surface area contributed by atoms with E-state index in [-0.39, 0.29) is 18.6 Å². The molecule has 7 nitrogen and oxygen atoms in total. The molecule has 0 spiro atoms. The van der Waals surface area contributed by atoms with Crippen LogP contribution < -0.4 is 28.4 Å². The summed E-state index contributed by atoms with van der Waals surface area (Å²) in [6.07, 6.45) is 4.06. The third kappa shape index (κ3) is 2.95. The van der Waals surface area contributed by atoms with Gasteiger partial charge in [-0.2, -0.15) is 0 Å². The highest BCUT2D eigenvalue weighted by Gasteiger charge is 2.47. The van der Waals surface area contributed by atoms with E-state index in [0.717, 1.165) is 22.6 Å². The molecule has 2 aromatic carbocycles. The fourth-order valence-corrected chi connectivity index (χ4v) is 4.83. The molecule has 3 atom stereocenters. The van der Waals surface area contributed by atoms with E-state index in [1.54, 1.807) is 21.3 Å². The molecule has 0 amide bonds. The average molecular weight is 437 g/mol. The molecule has 0 saturated carbocycles. The highest BCUT2D eigenvalue weighted by Crippen LogP contribution is 2.55. The smallest absolute Gasteiger partial charge is 0.231 e. The number of aromatic nitrogens is 1. The van der Waals surface area contributed by atoms with E-state index >= 15 is 0 Å². The fraction of sp³-hybridized carbons (Fsp3) is 0.360. The lowest BCUT2D eigenvalue weighted by atomic mass is 9.74. The van der Waals surface area contributed by atoms with Crippen LogP contribution in [0.4, 0.5) is 0 Å². The summed E-state index contributed by atoms with van der Waals surface area (Å²) >= 11 is 0. The van der Waals surface area contributed by atoms with Crippen molar-refractivity contribution >= 4 is 0 Å². The van der Waals surface area contributed by atoms with Crippen LogP contribution in [-0.2, 0) is 5.72 Å². The predicted octanol–water partition coefficient (Wildman–Crippen LogP) is 4.78. The van der Waals surface area contributed by atoms with Gasteiger partial charge in [-0.1, -0.05) is 6.92 Å². The summed E-state index contributed by atoms with van der Waals surface area (Å²) in [6.45, 7) is 4.51.